The first kappa shape index (κ1) is 28.6. The molecule has 1 aliphatic carbocycles. The van der Waals surface area contributed by atoms with E-state index in [9.17, 15) is 8.78 Å². The summed E-state index contributed by atoms with van der Waals surface area (Å²) in [5, 5.41) is 6.87. The molecule has 1 aliphatic heterocycles. The van der Waals surface area contributed by atoms with Crippen molar-refractivity contribution in [3.8, 4) is 12.3 Å². The first-order chi connectivity index (χ1) is 14.1. The van der Waals surface area contributed by atoms with Crippen molar-refractivity contribution in [2.75, 3.05) is 19.6 Å². The highest BCUT2D eigenvalue weighted by Crippen LogP contribution is 2.41. The number of benzene rings is 1. The topological polar surface area (TPSA) is 40.2 Å². The third-order valence-electron chi connectivity index (χ3n) is 5.78. The van der Waals surface area contributed by atoms with Crippen LogP contribution >= 0.6 is 37.2 Å². The van der Waals surface area contributed by atoms with Gasteiger partial charge in [-0.3, -0.25) is 9.88 Å². The Labute approximate surface area is 207 Å². The summed E-state index contributed by atoms with van der Waals surface area (Å²) < 4.78 is 26.5. The van der Waals surface area contributed by atoms with E-state index in [1.165, 1.54) is 12.1 Å². The number of rotatable bonds is 8. The summed E-state index contributed by atoms with van der Waals surface area (Å²) in [6.07, 6.45) is 7.59. The largest absolute Gasteiger partial charge is 0.315 e. The number of halogens is 5. The van der Waals surface area contributed by atoms with Crippen molar-refractivity contribution in [3.63, 3.8) is 0 Å². The lowest BCUT2D eigenvalue weighted by Gasteiger charge is -2.26. The molecule has 1 unspecified atom stereocenters. The molecule has 0 amide bonds. The van der Waals surface area contributed by atoms with Crippen LogP contribution < -0.4 is 10.6 Å². The zero-order valence-corrected chi connectivity index (χ0v) is 20.0. The second-order valence-electron chi connectivity index (χ2n) is 7.88. The van der Waals surface area contributed by atoms with Gasteiger partial charge in [0.25, 0.3) is 0 Å². The fraction of sp³-hybridized carbons (Fsp3) is 0.435. The number of hydrogen-bond acceptors (Lipinski definition) is 4. The second kappa shape index (κ2) is 13.3. The van der Waals surface area contributed by atoms with Crippen LogP contribution in [0.1, 0.15) is 35.7 Å². The Bertz CT molecular complexity index is 903. The van der Waals surface area contributed by atoms with E-state index in [1.54, 1.807) is 6.07 Å². The highest BCUT2D eigenvalue weighted by molar-refractivity contribution is 5.86. The molecule has 32 heavy (non-hydrogen) atoms. The first-order valence-corrected chi connectivity index (χ1v) is 10.2. The lowest BCUT2D eigenvalue weighted by atomic mass is 10.1. The molecule has 3 atom stereocenters. The van der Waals surface area contributed by atoms with Gasteiger partial charge >= 0.3 is 0 Å². The first-order valence-electron chi connectivity index (χ1n) is 10.2. The van der Waals surface area contributed by atoms with Gasteiger partial charge in [0.1, 0.15) is 0 Å². The molecule has 1 aromatic carbocycles. The van der Waals surface area contributed by atoms with Crippen molar-refractivity contribution >= 4 is 37.2 Å². The van der Waals surface area contributed by atoms with Gasteiger partial charge in [0.15, 0.2) is 11.6 Å². The maximum absolute atomic E-state index is 13.4. The third-order valence-corrected chi connectivity index (χ3v) is 5.78. The summed E-state index contributed by atoms with van der Waals surface area (Å²) in [4.78, 5) is 7.09. The van der Waals surface area contributed by atoms with Crippen LogP contribution in [0.4, 0.5) is 8.78 Å². The number of aromatic nitrogens is 1. The second-order valence-corrected chi connectivity index (χ2v) is 7.88. The SMILES string of the molecule is C#CCN(Cc1cccc(CN[C@@H]2C[C@H]2c2ccc(F)c(F)c2)n1)C1CCNC1.Cl.Cl.Cl. The molecule has 1 saturated heterocycles. The molecule has 0 spiro atoms. The Hall–Kier alpha value is -1.46. The smallest absolute Gasteiger partial charge is 0.159 e. The van der Waals surface area contributed by atoms with E-state index in [0.29, 0.717) is 19.1 Å². The zero-order valence-electron chi connectivity index (χ0n) is 17.6. The van der Waals surface area contributed by atoms with Crippen molar-refractivity contribution in [1.29, 1.82) is 0 Å². The summed E-state index contributed by atoms with van der Waals surface area (Å²) in [5.74, 6) is 1.41. The molecule has 2 aliphatic rings. The summed E-state index contributed by atoms with van der Waals surface area (Å²) in [6, 6.07) is 11.0. The fourth-order valence-corrected chi connectivity index (χ4v) is 4.07. The fourth-order valence-electron chi connectivity index (χ4n) is 4.07. The normalized spacial score (nSPS) is 21.1. The molecule has 176 valence electrons. The average Bonchev–Trinajstić information content (AvgIpc) is 3.29. The Morgan fingerprint density at radius 3 is 2.59 bits per heavy atom. The molecule has 1 aromatic heterocycles. The lowest BCUT2D eigenvalue weighted by Crippen LogP contribution is -2.37. The van der Waals surface area contributed by atoms with Crippen molar-refractivity contribution in [3.05, 3.63) is 65.0 Å². The zero-order chi connectivity index (χ0) is 20.2. The molecule has 2 N–H and O–H groups in total. The quantitative estimate of drug-likeness (QED) is 0.531. The van der Waals surface area contributed by atoms with E-state index in [0.717, 1.165) is 49.4 Å². The molecule has 1 saturated carbocycles. The minimum atomic E-state index is -0.799. The monoisotopic (exact) mass is 504 g/mol. The summed E-state index contributed by atoms with van der Waals surface area (Å²) >= 11 is 0. The lowest BCUT2D eigenvalue weighted by molar-refractivity contribution is 0.223. The third kappa shape index (κ3) is 7.28. The van der Waals surface area contributed by atoms with E-state index < -0.39 is 11.6 Å². The van der Waals surface area contributed by atoms with Gasteiger partial charge in [0.2, 0.25) is 0 Å². The van der Waals surface area contributed by atoms with Gasteiger partial charge in [0.05, 0.1) is 17.9 Å². The van der Waals surface area contributed by atoms with E-state index in [1.807, 2.05) is 18.2 Å². The molecule has 2 fully saturated rings. The van der Waals surface area contributed by atoms with Crippen LogP contribution in [-0.2, 0) is 13.1 Å². The van der Waals surface area contributed by atoms with Crippen molar-refractivity contribution in [2.24, 2.45) is 0 Å². The van der Waals surface area contributed by atoms with Crippen LogP contribution in [0.2, 0.25) is 0 Å². The summed E-state index contributed by atoms with van der Waals surface area (Å²) in [7, 11) is 0. The molecule has 2 heterocycles. The highest BCUT2D eigenvalue weighted by Gasteiger charge is 2.38. The van der Waals surface area contributed by atoms with Crippen LogP contribution in [0.3, 0.4) is 0 Å². The summed E-state index contributed by atoms with van der Waals surface area (Å²) in [6.45, 7) is 4.01. The van der Waals surface area contributed by atoms with E-state index in [2.05, 4.69) is 21.5 Å². The molecule has 2 aromatic rings. The van der Waals surface area contributed by atoms with Crippen LogP contribution in [0, 0.1) is 24.0 Å². The van der Waals surface area contributed by atoms with Crippen molar-refractivity contribution in [2.45, 2.75) is 43.9 Å². The maximum atomic E-state index is 13.4. The van der Waals surface area contributed by atoms with Gasteiger partial charge in [-0.2, -0.15) is 0 Å². The van der Waals surface area contributed by atoms with Crippen molar-refractivity contribution < 1.29 is 8.78 Å². The Morgan fingerprint density at radius 1 is 1.12 bits per heavy atom. The van der Waals surface area contributed by atoms with E-state index >= 15 is 0 Å². The number of terminal acetylenes is 1. The van der Waals surface area contributed by atoms with Crippen LogP contribution in [0.5, 0.6) is 0 Å². The standard InChI is InChI=1S/C23H26F2N4.3ClH/c1-2-10-29(19-8-9-26-14-19)15-18-5-3-4-17(28-18)13-27-23-12-20(23)16-6-7-21(24)22(25)11-16;;;/h1,3-7,11,19-20,23,26-27H,8-10,12-15H2;3*1H/t19?,20-,23+;;;/m0.../s1. The molecule has 0 bridgehead atoms. The van der Waals surface area contributed by atoms with E-state index in [4.69, 9.17) is 11.4 Å². The van der Waals surface area contributed by atoms with Crippen LogP contribution in [-0.4, -0.2) is 41.6 Å². The number of nitrogens with one attached hydrogen (secondary N) is 2. The Balaban J connectivity index is 0.00000171. The molecule has 0 radical (unpaired) electrons. The maximum Gasteiger partial charge on any atom is 0.159 e. The van der Waals surface area contributed by atoms with Gasteiger partial charge in [-0.1, -0.05) is 18.1 Å². The molecule has 4 nitrogen and oxygen atoms in total. The summed E-state index contributed by atoms with van der Waals surface area (Å²) in [5.41, 5.74) is 2.83. The molecular weight excluding hydrogens is 477 g/mol. The van der Waals surface area contributed by atoms with Gasteiger partial charge in [-0.05, 0) is 49.2 Å². The van der Waals surface area contributed by atoms with Crippen LogP contribution in [0.25, 0.3) is 0 Å². The number of hydrogen-bond donors (Lipinski definition) is 2. The highest BCUT2D eigenvalue weighted by atomic mass is 35.5. The minimum Gasteiger partial charge on any atom is -0.315 e. The van der Waals surface area contributed by atoms with Gasteiger partial charge < -0.3 is 10.6 Å². The van der Waals surface area contributed by atoms with E-state index in [-0.39, 0.29) is 49.2 Å². The Morgan fingerprint density at radius 2 is 1.91 bits per heavy atom. The number of nitrogens with zero attached hydrogens (tertiary/aromatic N) is 2. The Kier molecular flexibility index (Phi) is 11.9. The number of pyridine rings is 1. The predicted octanol–water partition coefficient (Wildman–Crippen LogP) is 4.07. The van der Waals surface area contributed by atoms with Crippen molar-refractivity contribution in [1.82, 2.24) is 20.5 Å². The van der Waals surface area contributed by atoms with Crippen LogP contribution in [0.15, 0.2) is 36.4 Å². The minimum absolute atomic E-state index is 0. The molecule has 4 rings (SSSR count). The molecular formula is C23H29Cl3F2N4. The van der Waals surface area contributed by atoms with Gasteiger partial charge in [-0.25, -0.2) is 8.78 Å². The van der Waals surface area contributed by atoms with Gasteiger partial charge in [-0.15, -0.1) is 43.6 Å². The average molecular weight is 506 g/mol. The molecule has 9 heteroatoms. The predicted molar refractivity (Wildman–Crippen MR) is 131 cm³/mol. The van der Waals surface area contributed by atoms with Gasteiger partial charge in [0, 0.05) is 37.6 Å².